The Labute approximate surface area is 92.8 Å². The summed E-state index contributed by atoms with van der Waals surface area (Å²) >= 11 is 0. The third-order valence-corrected chi connectivity index (χ3v) is 3.19. The summed E-state index contributed by atoms with van der Waals surface area (Å²) in [7, 11) is 0. The minimum absolute atomic E-state index is 0.000833. The largest absolute Gasteiger partial charge is 0.291 e. The minimum atomic E-state index is -2.41. The molecule has 0 radical (unpaired) electrons. The van der Waals surface area contributed by atoms with Crippen LogP contribution < -0.4 is 0 Å². The first-order chi connectivity index (χ1) is 7.08. The third kappa shape index (κ3) is 2.90. The van der Waals surface area contributed by atoms with Crippen molar-refractivity contribution in [2.75, 3.05) is 13.1 Å². The fourth-order valence-electron chi connectivity index (χ4n) is 2.38. The zero-order valence-corrected chi connectivity index (χ0v) is 10.7. The molecular weight excluding hydrogens is 196 g/mol. The number of alkyl halides is 2. The number of hydrogen-bond acceptors (Lipinski definition) is 1. The van der Waals surface area contributed by atoms with Crippen LogP contribution in [0.5, 0.6) is 0 Å². The lowest BCUT2D eigenvalue weighted by molar-refractivity contribution is 0.0123. The maximum absolute atomic E-state index is 12.9. The van der Waals surface area contributed by atoms with E-state index in [1.54, 1.807) is 0 Å². The van der Waals surface area contributed by atoms with E-state index >= 15 is 0 Å². The Hall–Kier alpha value is -0.180. The second-order valence-corrected chi connectivity index (χ2v) is 3.78. The maximum atomic E-state index is 12.9. The summed E-state index contributed by atoms with van der Waals surface area (Å²) in [5, 5.41) is 0. The molecule has 0 unspecified atom stereocenters. The van der Waals surface area contributed by atoms with Gasteiger partial charge in [-0.25, -0.2) is 8.78 Å². The lowest BCUT2D eigenvalue weighted by Gasteiger charge is -2.47. The summed E-state index contributed by atoms with van der Waals surface area (Å²) in [6, 6.07) is 0. The molecule has 2 rings (SSSR count). The smallest absolute Gasteiger partial charge is 0.262 e. The van der Waals surface area contributed by atoms with Gasteiger partial charge in [0.15, 0.2) is 0 Å². The summed E-state index contributed by atoms with van der Waals surface area (Å²) in [5.41, 5.74) is -0.108. The zero-order valence-electron chi connectivity index (χ0n) is 10.7. The molecule has 0 saturated carbocycles. The van der Waals surface area contributed by atoms with Gasteiger partial charge in [0.25, 0.3) is 5.92 Å². The molecule has 3 heteroatoms. The van der Waals surface area contributed by atoms with Gasteiger partial charge in [-0.15, -0.1) is 0 Å². The fraction of sp³-hybridized carbons (Fsp3) is 1.00. The van der Waals surface area contributed by atoms with E-state index in [2.05, 4.69) is 0 Å². The Morgan fingerprint density at radius 1 is 1.13 bits per heavy atom. The van der Waals surface area contributed by atoms with Crippen molar-refractivity contribution in [1.29, 1.82) is 0 Å². The number of nitrogens with zero attached hydrogens (tertiary/aromatic N) is 1. The number of hydrogen-bond donors (Lipinski definition) is 0. The molecule has 92 valence electrons. The van der Waals surface area contributed by atoms with Crippen molar-refractivity contribution in [2.45, 2.75) is 65.3 Å². The molecule has 2 saturated heterocycles. The predicted octanol–water partition coefficient (Wildman–Crippen LogP) is 3.93. The number of rotatable bonds is 1. The van der Waals surface area contributed by atoms with E-state index < -0.39 is 5.92 Å². The van der Waals surface area contributed by atoms with Gasteiger partial charge in [0.1, 0.15) is 0 Å². The highest BCUT2D eigenvalue weighted by Crippen LogP contribution is 2.48. The van der Waals surface area contributed by atoms with E-state index in [9.17, 15) is 8.78 Å². The van der Waals surface area contributed by atoms with Crippen molar-refractivity contribution in [1.82, 2.24) is 4.90 Å². The Bertz CT molecular complexity index is 178. The van der Waals surface area contributed by atoms with Gasteiger partial charge in [-0.1, -0.05) is 34.6 Å². The fourth-order valence-corrected chi connectivity index (χ4v) is 2.38. The Morgan fingerprint density at radius 3 is 1.87 bits per heavy atom. The van der Waals surface area contributed by atoms with Crippen molar-refractivity contribution >= 4 is 0 Å². The van der Waals surface area contributed by atoms with Crippen LogP contribution in [0.2, 0.25) is 0 Å². The summed E-state index contributed by atoms with van der Waals surface area (Å²) in [6.07, 6.45) is 1.94. The van der Waals surface area contributed by atoms with Gasteiger partial charge in [0.05, 0.1) is 6.54 Å². The van der Waals surface area contributed by atoms with Gasteiger partial charge < -0.3 is 0 Å². The lowest BCUT2D eigenvalue weighted by atomic mass is 9.82. The van der Waals surface area contributed by atoms with Crippen LogP contribution >= 0.6 is 0 Å². The Balaban J connectivity index is 0.000000442. The average molecular weight is 221 g/mol. The molecular formula is C12H25F2N. The first kappa shape index (κ1) is 14.8. The van der Waals surface area contributed by atoms with E-state index in [4.69, 9.17) is 0 Å². The molecule has 0 N–H and O–H groups in total. The molecule has 2 aliphatic rings. The highest BCUT2D eigenvalue weighted by molar-refractivity contribution is 5.08. The van der Waals surface area contributed by atoms with Gasteiger partial charge in [-0.05, 0) is 12.8 Å². The van der Waals surface area contributed by atoms with Crippen LogP contribution in [0.4, 0.5) is 8.78 Å². The van der Waals surface area contributed by atoms with E-state index in [1.807, 2.05) is 39.5 Å². The Kier molecular flexibility index (Phi) is 5.71. The van der Waals surface area contributed by atoms with Crippen molar-refractivity contribution in [3.05, 3.63) is 0 Å². The van der Waals surface area contributed by atoms with Gasteiger partial charge in [-0.2, -0.15) is 0 Å². The Morgan fingerprint density at radius 2 is 1.67 bits per heavy atom. The van der Waals surface area contributed by atoms with Crippen molar-refractivity contribution in [3.8, 4) is 0 Å². The quantitative estimate of drug-likeness (QED) is 0.648. The second-order valence-electron chi connectivity index (χ2n) is 3.78. The van der Waals surface area contributed by atoms with Crippen LogP contribution in [0, 0.1) is 0 Å². The molecule has 2 aliphatic heterocycles. The first-order valence-electron chi connectivity index (χ1n) is 6.21. The molecule has 1 nitrogen and oxygen atoms in total. The van der Waals surface area contributed by atoms with E-state index in [-0.39, 0.29) is 18.5 Å². The zero-order chi connectivity index (χ0) is 12.1. The number of fused-ring (bicyclic) bond motifs is 1. The lowest BCUT2D eigenvalue weighted by Crippen LogP contribution is -2.54. The summed E-state index contributed by atoms with van der Waals surface area (Å²) in [6.45, 7) is 10.9. The van der Waals surface area contributed by atoms with Crippen LogP contribution in [-0.2, 0) is 0 Å². The van der Waals surface area contributed by atoms with Gasteiger partial charge in [0.2, 0.25) is 0 Å². The first-order valence-corrected chi connectivity index (χ1v) is 6.21. The van der Waals surface area contributed by atoms with Gasteiger partial charge in [-0.3, -0.25) is 4.90 Å². The molecule has 2 fully saturated rings. The molecule has 2 heterocycles. The topological polar surface area (TPSA) is 3.24 Å². The molecule has 0 aromatic heterocycles. The molecule has 0 aromatic carbocycles. The van der Waals surface area contributed by atoms with Crippen LogP contribution in [0.3, 0.4) is 0 Å². The highest BCUT2D eigenvalue weighted by atomic mass is 19.3. The monoisotopic (exact) mass is 221 g/mol. The highest BCUT2D eigenvalue weighted by Gasteiger charge is 2.58. The molecule has 0 spiro atoms. The summed E-state index contributed by atoms with van der Waals surface area (Å²) in [5.74, 6) is -2.41. The van der Waals surface area contributed by atoms with E-state index in [0.717, 1.165) is 19.4 Å². The SMILES string of the molecule is CC.CC.CC[C@@]12CCN1CC(F)(F)C2. The standard InChI is InChI=1S/C8H13F2N.2C2H6/c1-2-7-3-4-11(7)6-8(9,10)5-7;2*1-2/h2-6H2,1H3;2*1-2H3/t7-;;/m0../s1. The molecule has 0 aliphatic carbocycles. The predicted molar refractivity (Wildman–Crippen MR) is 61.5 cm³/mol. The molecule has 0 aromatic rings. The molecule has 0 bridgehead atoms. The normalized spacial score (nSPS) is 31.4. The molecule has 15 heavy (non-hydrogen) atoms. The van der Waals surface area contributed by atoms with E-state index in [1.165, 1.54) is 0 Å². The van der Waals surface area contributed by atoms with Crippen molar-refractivity contribution in [2.24, 2.45) is 0 Å². The number of halogens is 2. The maximum Gasteiger partial charge on any atom is 0.262 e. The summed E-state index contributed by atoms with van der Waals surface area (Å²) < 4.78 is 25.8. The van der Waals surface area contributed by atoms with Crippen molar-refractivity contribution in [3.63, 3.8) is 0 Å². The van der Waals surface area contributed by atoms with Crippen LogP contribution in [-0.4, -0.2) is 29.5 Å². The molecule has 1 atom stereocenters. The van der Waals surface area contributed by atoms with Gasteiger partial charge in [0, 0.05) is 18.5 Å². The molecule has 0 amide bonds. The van der Waals surface area contributed by atoms with Crippen LogP contribution in [0.1, 0.15) is 53.9 Å². The van der Waals surface area contributed by atoms with E-state index in [0.29, 0.717) is 0 Å². The average Bonchev–Trinajstić information content (AvgIpc) is 2.44. The minimum Gasteiger partial charge on any atom is -0.291 e. The third-order valence-electron chi connectivity index (χ3n) is 3.19. The van der Waals surface area contributed by atoms with Crippen molar-refractivity contribution < 1.29 is 8.78 Å². The van der Waals surface area contributed by atoms with Gasteiger partial charge >= 0.3 is 0 Å². The summed E-state index contributed by atoms with van der Waals surface area (Å²) in [4.78, 5) is 1.94. The second kappa shape index (κ2) is 5.78. The van der Waals surface area contributed by atoms with Crippen LogP contribution in [0.15, 0.2) is 0 Å². The van der Waals surface area contributed by atoms with Crippen LogP contribution in [0.25, 0.3) is 0 Å².